The topological polar surface area (TPSA) is 84.2 Å². The van der Waals surface area contributed by atoms with Crippen LogP contribution in [0.3, 0.4) is 0 Å². The maximum Gasteiger partial charge on any atom is 0.280 e. The molecule has 2 N–H and O–H groups in total. The molecule has 1 aromatic heterocycles. The lowest BCUT2D eigenvalue weighted by Gasteiger charge is -2.11. The third kappa shape index (κ3) is 3.71. The number of halogens is 2. The molecule has 0 saturated carbocycles. The van der Waals surface area contributed by atoms with Crippen LogP contribution in [0.1, 0.15) is 16.1 Å². The SMILES string of the molecule is Cc1cccc(-n2nc(C(=O)Nc3cc(Cl)ccc3Cl)c(O)cc2=O)c1. The highest BCUT2D eigenvalue weighted by atomic mass is 35.5. The second-order valence-electron chi connectivity index (χ2n) is 5.55. The molecule has 0 spiro atoms. The highest BCUT2D eigenvalue weighted by molar-refractivity contribution is 6.35. The first kappa shape index (κ1) is 18.0. The Morgan fingerprint density at radius 1 is 1.15 bits per heavy atom. The Labute approximate surface area is 158 Å². The van der Waals surface area contributed by atoms with E-state index in [-0.39, 0.29) is 16.4 Å². The minimum Gasteiger partial charge on any atom is -0.505 e. The van der Waals surface area contributed by atoms with Crippen molar-refractivity contribution in [1.82, 2.24) is 9.78 Å². The van der Waals surface area contributed by atoms with Crippen LogP contribution in [0.25, 0.3) is 5.69 Å². The number of nitrogens with one attached hydrogen (secondary N) is 1. The maximum atomic E-state index is 12.5. The number of nitrogens with zero attached hydrogens (tertiary/aromatic N) is 2. The fourth-order valence-corrected chi connectivity index (χ4v) is 2.67. The van der Waals surface area contributed by atoms with Crippen LogP contribution in [-0.4, -0.2) is 20.8 Å². The Kier molecular flexibility index (Phi) is 4.97. The van der Waals surface area contributed by atoms with Crippen LogP contribution in [0.2, 0.25) is 10.0 Å². The number of aryl methyl sites for hydroxylation is 1. The minimum absolute atomic E-state index is 0.263. The third-order valence-electron chi connectivity index (χ3n) is 3.55. The van der Waals surface area contributed by atoms with Crippen molar-refractivity contribution in [2.24, 2.45) is 0 Å². The summed E-state index contributed by atoms with van der Waals surface area (Å²) in [7, 11) is 0. The van der Waals surface area contributed by atoms with Gasteiger partial charge in [-0.1, -0.05) is 35.3 Å². The number of benzene rings is 2. The quantitative estimate of drug-likeness (QED) is 0.713. The van der Waals surface area contributed by atoms with Crippen LogP contribution in [0, 0.1) is 6.92 Å². The lowest BCUT2D eigenvalue weighted by atomic mass is 10.2. The number of hydrogen-bond donors (Lipinski definition) is 2. The van der Waals surface area contributed by atoms with Gasteiger partial charge in [-0.3, -0.25) is 9.59 Å². The number of carbonyl (C=O) groups excluding carboxylic acids is 1. The van der Waals surface area contributed by atoms with Crippen LogP contribution in [0.4, 0.5) is 5.69 Å². The molecule has 1 amide bonds. The van der Waals surface area contributed by atoms with Gasteiger partial charge in [0.2, 0.25) is 0 Å². The number of aromatic nitrogens is 2. The number of amides is 1. The molecule has 6 nitrogen and oxygen atoms in total. The first-order chi connectivity index (χ1) is 12.3. The Hall–Kier alpha value is -2.83. The van der Waals surface area contributed by atoms with E-state index in [0.717, 1.165) is 16.3 Å². The number of aromatic hydroxyl groups is 1. The number of anilines is 1. The first-order valence-electron chi connectivity index (χ1n) is 7.52. The molecule has 0 fully saturated rings. The van der Waals surface area contributed by atoms with Crippen LogP contribution in [-0.2, 0) is 0 Å². The summed E-state index contributed by atoms with van der Waals surface area (Å²) in [5.74, 6) is -1.26. The Bertz CT molecular complexity index is 1060. The predicted octanol–water partition coefficient (Wildman–Crippen LogP) is 3.81. The van der Waals surface area contributed by atoms with Gasteiger partial charge in [-0.15, -0.1) is 0 Å². The van der Waals surface area contributed by atoms with E-state index < -0.39 is 17.2 Å². The van der Waals surface area contributed by atoms with Crippen molar-refractivity contribution in [3.63, 3.8) is 0 Å². The monoisotopic (exact) mass is 389 g/mol. The lowest BCUT2D eigenvalue weighted by Crippen LogP contribution is -2.25. The summed E-state index contributed by atoms with van der Waals surface area (Å²) in [6, 6.07) is 12.5. The van der Waals surface area contributed by atoms with Gasteiger partial charge in [0, 0.05) is 11.1 Å². The highest BCUT2D eigenvalue weighted by Crippen LogP contribution is 2.26. The van der Waals surface area contributed by atoms with E-state index in [4.69, 9.17) is 23.2 Å². The zero-order valence-corrected chi connectivity index (χ0v) is 15.0. The highest BCUT2D eigenvalue weighted by Gasteiger charge is 2.18. The van der Waals surface area contributed by atoms with E-state index in [2.05, 4.69) is 10.4 Å². The molecule has 0 radical (unpaired) electrons. The van der Waals surface area contributed by atoms with Gasteiger partial charge in [0.25, 0.3) is 11.5 Å². The molecule has 2 aromatic carbocycles. The number of rotatable bonds is 3. The van der Waals surface area contributed by atoms with Crippen molar-refractivity contribution >= 4 is 34.8 Å². The molecule has 0 aliphatic heterocycles. The average Bonchev–Trinajstić information content (AvgIpc) is 2.58. The summed E-state index contributed by atoms with van der Waals surface area (Å²) in [4.78, 5) is 24.7. The summed E-state index contributed by atoms with van der Waals surface area (Å²) in [5.41, 5.74) is 0.775. The van der Waals surface area contributed by atoms with Gasteiger partial charge in [0.15, 0.2) is 11.4 Å². The largest absolute Gasteiger partial charge is 0.505 e. The van der Waals surface area contributed by atoms with Crippen LogP contribution >= 0.6 is 23.2 Å². The van der Waals surface area contributed by atoms with E-state index >= 15 is 0 Å². The van der Waals surface area contributed by atoms with E-state index in [9.17, 15) is 14.7 Å². The predicted molar refractivity (Wildman–Crippen MR) is 101 cm³/mol. The van der Waals surface area contributed by atoms with Crippen LogP contribution in [0.15, 0.2) is 53.3 Å². The van der Waals surface area contributed by atoms with E-state index in [0.29, 0.717) is 10.7 Å². The summed E-state index contributed by atoms with van der Waals surface area (Å²) < 4.78 is 1.04. The molecular formula is C18H13Cl2N3O3. The average molecular weight is 390 g/mol. The van der Waals surface area contributed by atoms with Gasteiger partial charge >= 0.3 is 0 Å². The second kappa shape index (κ2) is 7.19. The molecule has 1 heterocycles. The Morgan fingerprint density at radius 2 is 1.92 bits per heavy atom. The molecule has 0 bridgehead atoms. The van der Waals surface area contributed by atoms with Gasteiger partial charge in [-0.25, -0.2) is 0 Å². The molecular weight excluding hydrogens is 377 g/mol. The van der Waals surface area contributed by atoms with E-state index in [1.165, 1.54) is 12.1 Å². The van der Waals surface area contributed by atoms with Crippen molar-refractivity contribution in [3.05, 3.63) is 80.2 Å². The summed E-state index contributed by atoms with van der Waals surface area (Å²) in [6.45, 7) is 1.86. The zero-order chi connectivity index (χ0) is 18.8. The summed E-state index contributed by atoms with van der Waals surface area (Å²) in [5, 5.41) is 17.2. The van der Waals surface area contributed by atoms with Crippen molar-refractivity contribution in [3.8, 4) is 11.4 Å². The third-order valence-corrected chi connectivity index (χ3v) is 4.11. The first-order valence-corrected chi connectivity index (χ1v) is 8.27. The molecule has 3 rings (SSSR count). The molecule has 0 aliphatic rings. The van der Waals surface area contributed by atoms with Gasteiger partial charge in [0.1, 0.15) is 0 Å². The molecule has 0 atom stereocenters. The molecule has 132 valence electrons. The molecule has 8 heteroatoms. The standard InChI is InChI=1S/C18H13Cl2N3O3/c1-10-3-2-4-12(7-10)23-16(25)9-15(24)17(22-23)18(26)21-14-8-11(19)5-6-13(14)20/h2-9,24H,1H3,(H,21,26). The molecule has 0 unspecified atom stereocenters. The number of carbonyl (C=O) groups is 1. The van der Waals surface area contributed by atoms with Gasteiger partial charge < -0.3 is 10.4 Å². The van der Waals surface area contributed by atoms with Gasteiger partial charge in [-0.05, 0) is 42.8 Å². The molecule has 3 aromatic rings. The van der Waals surface area contributed by atoms with Crippen molar-refractivity contribution < 1.29 is 9.90 Å². The molecule has 0 aliphatic carbocycles. The molecule has 26 heavy (non-hydrogen) atoms. The van der Waals surface area contributed by atoms with E-state index in [1.807, 2.05) is 13.0 Å². The van der Waals surface area contributed by atoms with Gasteiger partial charge in [0.05, 0.1) is 16.4 Å². The number of hydrogen-bond acceptors (Lipinski definition) is 4. The minimum atomic E-state index is -0.729. The molecule has 0 saturated heterocycles. The van der Waals surface area contributed by atoms with Crippen LogP contribution in [0.5, 0.6) is 5.75 Å². The fourth-order valence-electron chi connectivity index (χ4n) is 2.33. The van der Waals surface area contributed by atoms with Crippen molar-refractivity contribution in [2.45, 2.75) is 6.92 Å². The second-order valence-corrected chi connectivity index (χ2v) is 6.39. The normalized spacial score (nSPS) is 10.6. The van der Waals surface area contributed by atoms with Crippen molar-refractivity contribution in [2.75, 3.05) is 5.32 Å². The van der Waals surface area contributed by atoms with E-state index in [1.54, 1.807) is 24.3 Å². The Balaban J connectivity index is 2.02. The summed E-state index contributed by atoms with van der Waals surface area (Å²) >= 11 is 11.9. The Morgan fingerprint density at radius 3 is 2.65 bits per heavy atom. The zero-order valence-electron chi connectivity index (χ0n) is 13.5. The lowest BCUT2D eigenvalue weighted by molar-refractivity contribution is 0.101. The maximum absolute atomic E-state index is 12.5. The van der Waals surface area contributed by atoms with Crippen molar-refractivity contribution in [1.29, 1.82) is 0 Å². The van der Waals surface area contributed by atoms with Crippen LogP contribution < -0.4 is 10.9 Å². The summed E-state index contributed by atoms with van der Waals surface area (Å²) in [6.07, 6.45) is 0. The smallest absolute Gasteiger partial charge is 0.280 e. The fraction of sp³-hybridized carbons (Fsp3) is 0.0556. The van der Waals surface area contributed by atoms with Gasteiger partial charge in [-0.2, -0.15) is 9.78 Å².